The third kappa shape index (κ3) is 6.86. The van der Waals surface area contributed by atoms with Gasteiger partial charge in [0, 0.05) is 18.0 Å². The Morgan fingerprint density at radius 3 is 2.04 bits per heavy atom. The fourth-order valence-corrected chi connectivity index (χ4v) is 2.31. The predicted molar refractivity (Wildman–Crippen MR) is 83.1 cm³/mol. The number of carbonyl (C=O) groups is 1. The second kappa shape index (κ2) is 8.48. The molecule has 0 heterocycles. The molecule has 0 aliphatic rings. The summed E-state index contributed by atoms with van der Waals surface area (Å²) >= 11 is 1.03. The molecule has 25 heavy (non-hydrogen) atoms. The van der Waals surface area contributed by atoms with E-state index in [1.807, 2.05) is 0 Å². The lowest BCUT2D eigenvalue weighted by Crippen LogP contribution is -2.31. The Morgan fingerprint density at radius 2 is 1.60 bits per heavy atom. The second-order valence-corrected chi connectivity index (χ2v) is 5.77. The fourth-order valence-electron chi connectivity index (χ4n) is 1.66. The van der Waals surface area contributed by atoms with E-state index >= 15 is 0 Å². The molecule has 0 aromatic heterocycles. The van der Waals surface area contributed by atoms with E-state index < -0.39 is 23.5 Å². The average Bonchev–Trinajstić information content (AvgIpc) is 2.51. The van der Waals surface area contributed by atoms with Gasteiger partial charge in [0.15, 0.2) is 0 Å². The summed E-state index contributed by atoms with van der Waals surface area (Å²) in [6.07, 6.45) is -9.87. The van der Waals surface area contributed by atoms with Crippen molar-refractivity contribution in [1.29, 1.82) is 0 Å². The van der Waals surface area contributed by atoms with Crippen LogP contribution in [-0.2, 0) is 17.1 Å². The van der Waals surface area contributed by atoms with Crippen molar-refractivity contribution in [2.75, 3.05) is 18.8 Å². The summed E-state index contributed by atoms with van der Waals surface area (Å²) in [5.41, 5.74) is 7.16. The molecule has 0 radical (unpaired) electrons. The molecule has 5 N–H and O–H groups in total. The highest BCUT2D eigenvalue weighted by Gasteiger charge is 2.37. The number of hydrogen-bond donors (Lipinski definition) is 3. The second-order valence-electron chi connectivity index (χ2n) is 4.79. The Morgan fingerprint density at radius 1 is 1.08 bits per heavy atom. The van der Waals surface area contributed by atoms with Crippen molar-refractivity contribution in [2.24, 2.45) is 11.5 Å². The quantitative estimate of drug-likeness (QED) is 0.518. The molecule has 0 bridgehead atoms. The van der Waals surface area contributed by atoms with Crippen LogP contribution in [0.5, 0.6) is 0 Å². The van der Waals surface area contributed by atoms with Crippen LogP contribution in [0.1, 0.15) is 16.7 Å². The van der Waals surface area contributed by atoms with Crippen LogP contribution in [0.3, 0.4) is 0 Å². The van der Waals surface area contributed by atoms with Gasteiger partial charge in [-0.15, -0.1) is 11.8 Å². The molecule has 0 aliphatic carbocycles. The highest BCUT2D eigenvalue weighted by molar-refractivity contribution is 8.02. The molecule has 0 saturated carbocycles. The number of amides is 1. The van der Waals surface area contributed by atoms with Gasteiger partial charge in [-0.3, -0.25) is 4.79 Å². The summed E-state index contributed by atoms with van der Waals surface area (Å²) in [7, 11) is 0. The molecular formula is C14H15F6N3OS. The monoisotopic (exact) mass is 387 g/mol. The number of hydrogen-bond acceptors (Lipinski definition) is 4. The number of nitrogens with two attached hydrogens (primary N) is 2. The maximum absolute atomic E-state index is 12.8. The van der Waals surface area contributed by atoms with Gasteiger partial charge in [-0.25, -0.2) is 0 Å². The van der Waals surface area contributed by atoms with E-state index in [1.165, 1.54) is 5.41 Å². The Hall–Kier alpha value is -1.88. The highest BCUT2D eigenvalue weighted by atomic mass is 32.2. The summed E-state index contributed by atoms with van der Waals surface area (Å²) in [5.74, 6) is -0.0670. The molecule has 0 aliphatic heterocycles. The van der Waals surface area contributed by atoms with Gasteiger partial charge in [0.25, 0.3) is 0 Å². The molecule has 1 amide bonds. The molecule has 0 spiro atoms. The first-order valence-corrected chi connectivity index (χ1v) is 7.84. The highest BCUT2D eigenvalue weighted by Crippen LogP contribution is 2.37. The zero-order valence-electron chi connectivity index (χ0n) is 12.7. The minimum absolute atomic E-state index is 0.0340. The predicted octanol–water partition coefficient (Wildman–Crippen LogP) is 2.79. The van der Waals surface area contributed by atoms with E-state index in [4.69, 9.17) is 11.5 Å². The van der Waals surface area contributed by atoms with Gasteiger partial charge in [0.05, 0.1) is 17.7 Å². The Bertz CT molecular complexity index is 610. The Kier molecular flexibility index (Phi) is 7.17. The van der Waals surface area contributed by atoms with Gasteiger partial charge in [-0.05, 0) is 29.2 Å². The molecule has 0 unspecified atom stereocenters. The van der Waals surface area contributed by atoms with Crippen LogP contribution < -0.4 is 16.8 Å². The van der Waals surface area contributed by atoms with E-state index in [2.05, 4.69) is 5.32 Å². The van der Waals surface area contributed by atoms with Gasteiger partial charge in [-0.1, -0.05) is 0 Å². The van der Waals surface area contributed by atoms with E-state index in [-0.39, 0.29) is 36.3 Å². The van der Waals surface area contributed by atoms with E-state index in [1.54, 1.807) is 0 Å². The van der Waals surface area contributed by atoms with Gasteiger partial charge in [0.1, 0.15) is 0 Å². The van der Waals surface area contributed by atoms with Crippen LogP contribution in [0.15, 0.2) is 23.6 Å². The van der Waals surface area contributed by atoms with Crippen molar-refractivity contribution < 1.29 is 31.1 Å². The van der Waals surface area contributed by atoms with Crippen molar-refractivity contribution in [3.05, 3.63) is 40.3 Å². The van der Waals surface area contributed by atoms with Gasteiger partial charge < -0.3 is 16.8 Å². The van der Waals surface area contributed by atoms with E-state index in [0.29, 0.717) is 17.9 Å². The van der Waals surface area contributed by atoms with E-state index in [0.717, 1.165) is 11.8 Å². The molecule has 0 saturated heterocycles. The molecule has 1 aromatic carbocycles. The Balaban J connectivity index is 2.95. The lowest BCUT2D eigenvalue weighted by Gasteiger charge is -2.14. The zero-order valence-corrected chi connectivity index (χ0v) is 13.5. The first-order chi connectivity index (χ1) is 11.4. The van der Waals surface area contributed by atoms with Crippen molar-refractivity contribution in [1.82, 2.24) is 5.32 Å². The topological polar surface area (TPSA) is 81.1 Å². The summed E-state index contributed by atoms with van der Waals surface area (Å²) in [5, 5.41) is 3.68. The van der Waals surface area contributed by atoms with Crippen LogP contribution in [-0.4, -0.2) is 24.7 Å². The molecule has 140 valence electrons. The molecular weight excluding hydrogens is 372 g/mol. The molecule has 0 atom stereocenters. The number of carbonyl (C=O) groups excluding carboxylic acids is 1. The van der Waals surface area contributed by atoms with Crippen molar-refractivity contribution in [3.8, 4) is 0 Å². The fraction of sp³-hybridized carbons (Fsp3) is 0.357. The largest absolute Gasteiger partial charge is 0.416 e. The molecule has 0 fully saturated rings. The first kappa shape index (κ1) is 21.2. The van der Waals surface area contributed by atoms with Crippen molar-refractivity contribution in [3.63, 3.8) is 0 Å². The first-order valence-electron chi connectivity index (χ1n) is 6.79. The number of benzene rings is 1. The zero-order chi connectivity index (χ0) is 19.3. The van der Waals surface area contributed by atoms with E-state index in [9.17, 15) is 31.1 Å². The molecule has 11 heteroatoms. The molecule has 1 rings (SSSR count). The average molecular weight is 387 g/mol. The minimum atomic E-state index is -4.93. The standard InChI is InChI=1S/C14H15F6N3OS/c15-13(16,17)9-3-8(4-10(5-9)14(18,19)20)11(22)7-25-2-1-23-12(24)6-21/h3-5,7H,1-2,6,21-22H2,(H,23,24)/b11-7-. The SMILES string of the molecule is NCC(=O)NCCS/C=C(\N)c1cc(C(F)(F)F)cc(C(F)(F)F)c1. The third-order valence-electron chi connectivity index (χ3n) is 2.86. The summed E-state index contributed by atoms with van der Waals surface area (Å²) in [6.45, 7) is 0.0357. The number of alkyl halides is 6. The van der Waals surface area contributed by atoms with Gasteiger partial charge >= 0.3 is 12.4 Å². The van der Waals surface area contributed by atoms with Crippen LogP contribution in [0, 0.1) is 0 Å². The van der Waals surface area contributed by atoms with Crippen LogP contribution in [0.4, 0.5) is 26.3 Å². The van der Waals surface area contributed by atoms with Crippen LogP contribution in [0.25, 0.3) is 5.70 Å². The number of halogens is 6. The lowest BCUT2D eigenvalue weighted by atomic mass is 10.0. The maximum atomic E-state index is 12.8. The van der Waals surface area contributed by atoms with Crippen molar-refractivity contribution in [2.45, 2.75) is 12.4 Å². The van der Waals surface area contributed by atoms with Crippen LogP contribution in [0.2, 0.25) is 0 Å². The molecule has 4 nitrogen and oxygen atoms in total. The molecule has 1 aromatic rings. The lowest BCUT2D eigenvalue weighted by molar-refractivity contribution is -0.143. The number of thioether (sulfide) groups is 1. The smallest absolute Gasteiger partial charge is 0.398 e. The number of nitrogens with one attached hydrogen (secondary N) is 1. The maximum Gasteiger partial charge on any atom is 0.416 e. The summed E-state index contributed by atoms with van der Waals surface area (Å²) in [4.78, 5) is 10.9. The van der Waals surface area contributed by atoms with Gasteiger partial charge in [-0.2, -0.15) is 26.3 Å². The van der Waals surface area contributed by atoms with Crippen molar-refractivity contribution >= 4 is 23.4 Å². The summed E-state index contributed by atoms with van der Waals surface area (Å²) < 4.78 is 76.7. The third-order valence-corrected chi connectivity index (χ3v) is 3.72. The Labute approximate surface area is 143 Å². The normalized spacial score (nSPS) is 13.0. The summed E-state index contributed by atoms with van der Waals surface area (Å²) in [6, 6.07) is 1.14. The number of rotatable bonds is 6. The minimum Gasteiger partial charge on any atom is -0.398 e. The van der Waals surface area contributed by atoms with Crippen LogP contribution >= 0.6 is 11.8 Å². The van der Waals surface area contributed by atoms with Gasteiger partial charge in [0.2, 0.25) is 5.91 Å².